The fraction of sp³-hybridized carbons (Fsp3) is 0.462. The fourth-order valence-electron chi connectivity index (χ4n) is 2.11. The summed E-state index contributed by atoms with van der Waals surface area (Å²) in [6.07, 6.45) is 1.40. The van der Waals surface area contributed by atoms with Gasteiger partial charge in [0.05, 0.1) is 39.7 Å². The van der Waals surface area contributed by atoms with Gasteiger partial charge in [0.2, 0.25) is 5.91 Å². The predicted octanol–water partition coefficient (Wildman–Crippen LogP) is 0.299. The summed E-state index contributed by atoms with van der Waals surface area (Å²) in [4.78, 5) is 24.3. The normalized spacial score (nSPS) is 17.5. The Labute approximate surface area is 137 Å². The van der Waals surface area contributed by atoms with Crippen LogP contribution < -0.4 is 0 Å². The number of carbonyl (C=O) groups excluding carboxylic acids is 1. The van der Waals surface area contributed by atoms with Gasteiger partial charge in [0.1, 0.15) is 10.6 Å². The number of nitro groups is 1. The van der Waals surface area contributed by atoms with Gasteiger partial charge in [-0.05, 0) is 12.1 Å². The maximum absolute atomic E-state index is 12.4. The number of rotatable bonds is 5. The van der Waals surface area contributed by atoms with Crippen LogP contribution in [0.1, 0.15) is 0 Å². The number of hydrogen-bond donors (Lipinski definition) is 0. The molecule has 2 rings (SSSR count). The van der Waals surface area contributed by atoms with Crippen molar-refractivity contribution in [2.75, 3.05) is 38.3 Å². The Morgan fingerprint density at radius 3 is 2.57 bits per heavy atom. The molecule has 0 saturated carbocycles. The molecule has 1 fully saturated rings. The lowest BCUT2D eigenvalue weighted by Crippen LogP contribution is -2.42. The van der Waals surface area contributed by atoms with Crippen LogP contribution in [0.25, 0.3) is 0 Å². The van der Waals surface area contributed by atoms with E-state index in [-0.39, 0.29) is 27.1 Å². The molecule has 0 aliphatic carbocycles. The minimum absolute atomic E-state index is 0.0363. The zero-order chi connectivity index (χ0) is 17.0. The van der Waals surface area contributed by atoms with E-state index in [4.69, 9.17) is 4.74 Å². The zero-order valence-corrected chi connectivity index (χ0v) is 14.1. The quantitative estimate of drug-likeness (QED) is 0.552. The highest BCUT2D eigenvalue weighted by molar-refractivity contribution is 7.86. The molecule has 0 spiro atoms. The smallest absolute Gasteiger partial charge is 0.286 e. The topological polar surface area (TPSA) is 107 Å². The molecule has 1 aliphatic heterocycles. The molecule has 0 N–H and O–H groups in total. The summed E-state index contributed by atoms with van der Waals surface area (Å²) in [5, 5.41) is 11.1. The average molecular weight is 360 g/mol. The van der Waals surface area contributed by atoms with E-state index in [1.165, 1.54) is 23.3 Å². The Balaban J connectivity index is 2.19. The van der Waals surface area contributed by atoms with Crippen LogP contribution >= 0.6 is 0 Å². The van der Waals surface area contributed by atoms with Crippen LogP contribution in [0.4, 0.5) is 5.69 Å². The highest BCUT2D eigenvalue weighted by Crippen LogP contribution is 2.25. The number of carbonyl (C=O) groups is 1. The highest BCUT2D eigenvalue weighted by Gasteiger charge is 2.25. The van der Waals surface area contributed by atoms with Crippen LogP contribution in [-0.4, -0.2) is 62.5 Å². The molecular weight excluding hydrogens is 344 g/mol. The first kappa shape index (κ1) is 17.7. The zero-order valence-electron chi connectivity index (χ0n) is 12.4. The van der Waals surface area contributed by atoms with Crippen LogP contribution in [0.3, 0.4) is 0 Å². The minimum Gasteiger partial charge on any atom is -0.378 e. The molecule has 1 heterocycles. The molecule has 0 bridgehead atoms. The van der Waals surface area contributed by atoms with Gasteiger partial charge in [0.15, 0.2) is 0 Å². The lowest BCUT2D eigenvalue weighted by atomic mass is 10.3. The lowest BCUT2D eigenvalue weighted by Gasteiger charge is -2.26. The minimum atomic E-state index is -1.84. The average Bonchev–Trinajstić information content (AvgIpc) is 2.54. The molecule has 1 aromatic carbocycles. The van der Waals surface area contributed by atoms with Crippen LogP contribution in [0.15, 0.2) is 28.0 Å². The molecule has 126 valence electrons. The molecule has 0 radical (unpaired) electrons. The standard InChI is InChI=1S/C13H16N2O6S2/c1-22(19)10-2-3-12(11(8-10)15(17)18)23(20)9-13(16)14-4-6-21-7-5-14/h2-3,8H,4-7,9H2,1H3. The van der Waals surface area contributed by atoms with Gasteiger partial charge in [-0.2, -0.15) is 0 Å². The van der Waals surface area contributed by atoms with E-state index in [0.717, 1.165) is 6.07 Å². The van der Waals surface area contributed by atoms with E-state index in [9.17, 15) is 23.3 Å². The number of nitro benzene ring substituents is 1. The van der Waals surface area contributed by atoms with Gasteiger partial charge in [0.25, 0.3) is 5.69 Å². The second-order valence-electron chi connectivity index (χ2n) is 4.82. The van der Waals surface area contributed by atoms with Gasteiger partial charge < -0.3 is 9.64 Å². The van der Waals surface area contributed by atoms with Crippen molar-refractivity contribution < 1.29 is 22.9 Å². The van der Waals surface area contributed by atoms with Gasteiger partial charge in [0, 0.05) is 30.3 Å². The van der Waals surface area contributed by atoms with E-state index < -0.39 is 26.5 Å². The van der Waals surface area contributed by atoms with Gasteiger partial charge in [-0.15, -0.1) is 0 Å². The molecule has 0 aromatic heterocycles. The highest BCUT2D eigenvalue weighted by atomic mass is 32.2. The van der Waals surface area contributed by atoms with Crippen molar-refractivity contribution in [1.82, 2.24) is 4.90 Å². The number of amides is 1. The second kappa shape index (κ2) is 7.75. The number of hydrogen-bond acceptors (Lipinski definition) is 6. The second-order valence-corrected chi connectivity index (χ2v) is 7.62. The number of nitrogens with zero attached hydrogens (tertiary/aromatic N) is 2. The van der Waals surface area contributed by atoms with Crippen molar-refractivity contribution in [3.05, 3.63) is 28.3 Å². The van der Waals surface area contributed by atoms with Crippen molar-refractivity contribution in [2.24, 2.45) is 0 Å². The van der Waals surface area contributed by atoms with Crippen molar-refractivity contribution in [2.45, 2.75) is 9.79 Å². The number of ether oxygens (including phenoxy) is 1. The first-order chi connectivity index (χ1) is 10.9. The maximum Gasteiger partial charge on any atom is 0.286 e. The van der Waals surface area contributed by atoms with Crippen molar-refractivity contribution in [1.29, 1.82) is 0 Å². The molecule has 2 atom stereocenters. The van der Waals surface area contributed by atoms with E-state index >= 15 is 0 Å². The summed E-state index contributed by atoms with van der Waals surface area (Å²) >= 11 is 0. The van der Waals surface area contributed by atoms with E-state index in [2.05, 4.69) is 0 Å². The van der Waals surface area contributed by atoms with Crippen molar-refractivity contribution in [3.63, 3.8) is 0 Å². The van der Waals surface area contributed by atoms with Gasteiger partial charge in [-0.25, -0.2) is 0 Å². The largest absolute Gasteiger partial charge is 0.378 e. The first-order valence-electron chi connectivity index (χ1n) is 6.76. The summed E-state index contributed by atoms with van der Waals surface area (Å²) < 4.78 is 28.9. The molecule has 8 nitrogen and oxygen atoms in total. The summed E-state index contributed by atoms with van der Waals surface area (Å²) in [5.41, 5.74) is -0.384. The van der Waals surface area contributed by atoms with Crippen molar-refractivity contribution in [3.8, 4) is 0 Å². The molecule has 1 aromatic rings. The molecule has 10 heteroatoms. The predicted molar refractivity (Wildman–Crippen MR) is 84.1 cm³/mol. The van der Waals surface area contributed by atoms with Crippen LogP contribution in [0, 0.1) is 10.1 Å². The Morgan fingerprint density at radius 2 is 2.00 bits per heavy atom. The number of morpholine rings is 1. The Bertz CT molecular complexity index is 672. The summed E-state index contributed by atoms with van der Waals surface area (Å²) in [7, 11) is -3.23. The van der Waals surface area contributed by atoms with Gasteiger partial charge >= 0.3 is 0 Å². The third kappa shape index (κ3) is 4.43. The molecular formula is C13H16N2O6S2. The summed E-state index contributed by atoms with van der Waals surface area (Å²) in [6, 6.07) is 3.87. The monoisotopic (exact) mass is 360 g/mol. The maximum atomic E-state index is 12.4. The summed E-state index contributed by atoms with van der Waals surface area (Å²) in [6.45, 7) is 1.70. The molecule has 2 unspecified atom stereocenters. The van der Waals surface area contributed by atoms with Crippen molar-refractivity contribution >= 4 is 33.2 Å². The molecule has 23 heavy (non-hydrogen) atoms. The van der Waals surface area contributed by atoms with E-state index in [1.54, 1.807) is 0 Å². The van der Waals surface area contributed by atoms with Crippen LogP contribution in [0.5, 0.6) is 0 Å². The van der Waals surface area contributed by atoms with Crippen LogP contribution in [0.2, 0.25) is 0 Å². The molecule has 1 saturated heterocycles. The first-order valence-corrected chi connectivity index (χ1v) is 9.63. The third-order valence-corrected chi connectivity index (χ3v) is 5.59. The van der Waals surface area contributed by atoms with Crippen LogP contribution in [-0.2, 0) is 31.1 Å². The summed E-state index contributed by atoms with van der Waals surface area (Å²) in [5.74, 6) is -0.654. The Morgan fingerprint density at radius 1 is 1.35 bits per heavy atom. The molecule has 1 aliphatic rings. The Kier molecular flexibility index (Phi) is 5.97. The number of benzene rings is 1. The van der Waals surface area contributed by atoms with Gasteiger partial charge in [-0.1, -0.05) is 0 Å². The van der Waals surface area contributed by atoms with Gasteiger partial charge in [-0.3, -0.25) is 23.3 Å². The SMILES string of the molecule is CS(=O)c1ccc(S(=O)CC(=O)N2CCOCC2)c([N+](=O)[O-])c1. The Hall–Kier alpha value is -1.65. The lowest BCUT2D eigenvalue weighted by molar-refractivity contribution is -0.388. The third-order valence-electron chi connectivity index (χ3n) is 3.32. The fourth-order valence-corrected chi connectivity index (χ4v) is 3.79. The van der Waals surface area contributed by atoms with E-state index in [0.29, 0.717) is 26.3 Å². The van der Waals surface area contributed by atoms with E-state index in [1.807, 2.05) is 0 Å². The molecule has 1 amide bonds.